The second-order valence-electron chi connectivity index (χ2n) is 5.62. The van der Waals surface area contributed by atoms with Gasteiger partial charge in [0.05, 0.1) is 24.6 Å². The van der Waals surface area contributed by atoms with Crippen LogP contribution in [0.5, 0.6) is 5.88 Å². The van der Waals surface area contributed by atoms with Crippen molar-refractivity contribution >= 4 is 16.8 Å². The maximum absolute atomic E-state index is 11.9. The Hall–Kier alpha value is -3.00. The summed E-state index contributed by atoms with van der Waals surface area (Å²) in [5, 5.41) is 7.57. The molecule has 0 saturated carbocycles. The number of carbonyl (C=O) groups excluding carboxylic acids is 1. The third-order valence-corrected chi connectivity index (χ3v) is 3.77. The van der Waals surface area contributed by atoms with E-state index in [1.54, 1.807) is 20.3 Å². The van der Waals surface area contributed by atoms with Crippen molar-refractivity contribution in [1.82, 2.24) is 20.4 Å². The number of fused-ring (bicyclic) bond motifs is 1. The second-order valence-corrected chi connectivity index (χ2v) is 5.62. The summed E-state index contributed by atoms with van der Waals surface area (Å²) in [6.07, 6.45) is 0.805. The highest BCUT2D eigenvalue weighted by atomic mass is 16.5. The van der Waals surface area contributed by atoms with Gasteiger partial charge in [-0.15, -0.1) is 0 Å². The number of benzene rings is 1. The van der Waals surface area contributed by atoms with Gasteiger partial charge in [0.2, 0.25) is 11.8 Å². The predicted octanol–water partition coefficient (Wildman–Crippen LogP) is 1.99. The van der Waals surface area contributed by atoms with Crippen LogP contribution in [0.3, 0.4) is 0 Å². The third kappa shape index (κ3) is 4.15. The number of hydrogen-bond acceptors (Lipinski definition) is 7. The molecule has 3 rings (SSSR count). The summed E-state index contributed by atoms with van der Waals surface area (Å²) < 4.78 is 15.5. The smallest absolute Gasteiger partial charge is 0.258 e. The number of hydrogen-bond donors (Lipinski definition) is 1. The van der Waals surface area contributed by atoms with Crippen LogP contribution in [0.15, 0.2) is 34.9 Å². The molecule has 2 aromatic heterocycles. The number of nitrogens with one attached hydrogen (secondary N) is 1. The fourth-order valence-corrected chi connectivity index (χ4v) is 2.52. The molecule has 0 radical (unpaired) electrons. The quantitative estimate of drug-likeness (QED) is 0.616. The Labute approximate surface area is 150 Å². The number of para-hydroxylation sites is 1. The summed E-state index contributed by atoms with van der Waals surface area (Å²) in [4.78, 5) is 20.7. The SMILES string of the molecule is COCCCNC(=O)Cc1noc(-c2cc(OC)nc3ccccc23)n1. The molecule has 0 aliphatic heterocycles. The molecule has 2 heterocycles. The van der Waals surface area contributed by atoms with E-state index in [4.69, 9.17) is 14.0 Å². The van der Waals surface area contributed by atoms with Crippen molar-refractivity contribution < 1.29 is 18.8 Å². The molecule has 136 valence electrons. The minimum absolute atomic E-state index is 0.0522. The molecule has 8 heteroatoms. The summed E-state index contributed by atoms with van der Waals surface area (Å²) in [5.41, 5.74) is 1.48. The first-order valence-corrected chi connectivity index (χ1v) is 8.23. The number of carbonyl (C=O) groups is 1. The highest BCUT2D eigenvalue weighted by Gasteiger charge is 2.16. The molecule has 0 atom stereocenters. The molecule has 0 aliphatic rings. The average molecular weight is 356 g/mol. The van der Waals surface area contributed by atoms with E-state index in [0.29, 0.717) is 36.3 Å². The van der Waals surface area contributed by atoms with Crippen molar-refractivity contribution in [3.63, 3.8) is 0 Å². The minimum Gasteiger partial charge on any atom is -0.481 e. The van der Waals surface area contributed by atoms with E-state index in [0.717, 1.165) is 17.3 Å². The summed E-state index contributed by atoms with van der Waals surface area (Å²) in [5.74, 6) is 0.938. The maximum Gasteiger partial charge on any atom is 0.258 e. The zero-order valence-electron chi connectivity index (χ0n) is 14.7. The van der Waals surface area contributed by atoms with Gasteiger partial charge in [-0.3, -0.25) is 4.79 Å². The number of aromatic nitrogens is 3. The van der Waals surface area contributed by atoms with Crippen LogP contribution in [0.2, 0.25) is 0 Å². The molecule has 8 nitrogen and oxygen atoms in total. The summed E-state index contributed by atoms with van der Waals surface area (Å²) in [6.45, 7) is 1.15. The van der Waals surface area contributed by atoms with E-state index in [9.17, 15) is 4.79 Å². The van der Waals surface area contributed by atoms with Crippen LogP contribution in [0.4, 0.5) is 0 Å². The number of rotatable bonds is 8. The Bertz CT molecular complexity index is 894. The Kier molecular flexibility index (Phi) is 5.75. The van der Waals surface area contributed by atoms with Crippen LogP contribution in [0.1, 0.15) is 12.2 Å². The lowest BCUT2D eigenvalue weighted by Crippen LogP contribution is -2.27. The molecule has 0 bridgehead atoms. The van der Waals surface area contributed by atoms with Crippen molar-refractivity contribution in [3.8, 4) is 17.3 Å². The molecular formula is C18H20N4O4. The van der Waals surface area contributed by atoms with E-state index in [1.165, 1.54) is 0 Å². The van der Waals surface area contributed by atoms with Gasteiger partial charge in [-0.1, -0.05) is 23.4 Å². The summed E-state index contributed by atoms with van der Waals surface area (Å²) >= 11 is 0. The van der Waals surface area contributed by atoms with Crippen molar-refractivity contribution in [2.24, 2.45) is 0 Å². The van der Waals surface area contributed by atoms with Crippen LogP contribution < -0.4 is 10.1 Å². The van der Waals surface area contributed by atoms with Crippen molar-refractivity contribution in [2.45, 2.75) is 12.8 Å². The van der Waals surface area contributed by atoms with Gasteiger partial charge in [0.25, 0.3) is 5.89 Å². The monoisotopic (exact) mass is 356 g/mol. The van der Waals surface area contributed by atoms with Crippen LogP contribution in [0.25, 0.3) is 22.4 Å². The van der Waals surface area contributed by atoms with Gasteiger partial charge in [0, 0.05) is 31.7 Å². The molecule has 26 heavy (non-hydrogen) atoms. The predicted molar refractivity (Wildman–Crippen MR) is 94.8 cm³/mol. The minimum atomic E-state index is -0.161. The van der Waals surface area contributed by atoms with E-state index >= 15 is 0 Å². The lowest BCUT2D eigenvalue weighted by Gasteiger charge is -2.05. The molecular weight excluding hydrogens is 336 g/mol. The third-order valence-electron chi connectivity index (χ3n) is 3.77. The van der Waals surface area contributed by atoms with Crippen molar-refractivity contribution in [2.75, 3.05) is 27.4 Å². The Morgan fingerprint density at radius 2 is 2.08 bits per heavy atom. The number of ether oxygens (including phenoxy) is 2. The van der Waals surface area contributed by atoms with Crippen LogP contribution in [-0.4, -0.2) is 48.4 Å². The van der Waals surface area contributed by atoms with E-state index < -0.39 is 0 Å². The van der Waals surface area contributed by atoms with Crippen molar-refractivity contribution in [3.05, 3.63) is 36.2 Å². The number of methoxy groups -OCH3 is 2. The molecule has 0 aliphatic carbocycles. The standard InChI is InChI=1S/C18H20N4O4/c1-24-9-5-8-19-16(23)11-15-21-18(26-22-15)13-10-17(25-2)20-14-7-4-3-6-12(13)14/h3-4,6-7,10H,5,8-9,11H2,1-2H3,(H,19,23). The van der Waals surface area contributed by atoms with Crippen molar-refractivity contribution in [1.29, 1.82) is 0 Å². The molecule has 1 N–H and O–H groups in total. The zero-order valence-corrected chi connectivity index (χ0v) is 14.7. The topological polar surface area (TPSA) is 99.4 Å². The van der Waals surface area contributed by atoms with Gasteiger partial charge in [-0.2, -0.15) is 4.98 Å². The largest absolute Gasteiger partial charge is 0.481 e. The molecule has 0 fully saturated rings. The lowest BCUT2D eigenvalue weighted by atomic mass is 10.1. The van der Waals surface area contributed by atoms with E-state index in [1.807, 2.05) is 24.3 Å². The lowest BCUT2D eigenvalue weighted by molar-refractivity contribution is -0.120. The van der Waals surface area contributed by atoms with Gasteiger partial charge < -0.3 is 19.3 Å². The first kappa shape index (κ1) is 17.8. The maximum atomic E-state index is 11.9. The zero-order chi connectivity index (χ0) is 18.4. The van der Waals surface area contributed by atoms with Gasteiger partial charge in [0.15, 0.2) is 5.82 Å². The van der Waals surface area contributed by atoms with Gasteiger partial charge in [0.1, 0.15) is 0 Å². The molecule has 0 unspecified atom stereocenters. The highest BCUT2D eigenvalue weighted by molar-refractivity contribution is 5.93. The van der Waals surface area contributed by atoms with Crippen LogP contribution >= 0.6 is 0 Å². The first-order chi connectivity index (χ1) is 12.7. The molecule has 0 saturated heterocycles. The average Bonchev–Trinajstić information content (AvgIpc) is 3.12. The Balaban J connectivity index is 1.77. The molecule has 1 amide bonds. The number of nitrogens with zero attached hydrogens (tertiary/aromatic N) is 3. The van der Waals surface area contributed by atoms with Gasteiger partial charge >= 0.3 is 0 Å². The molecule has 0 spiro atoms. The van der Waals surface area contributed by atoms with Gasteiger partial charge in [-0.05, 0) is 12.5 Å². The Morgan fingerprint density at radius 1 is 1.23 bits per heavy atom. The first-order valence-electron chi connectivity index (χ1n) is 8.23. The van der Waals surface area contributed by atoms with E-state index in [-0.39, 0.29) is 12.3 Å². The van der Waals surface area contributed by atoms with Crippen LogP contribution in [0, 0.1) is 0 Å². The molecule has 1 aromatic carbocycles. The Morgan fingerprint density at radius 3 is 2.88 bits per heavy atom. The molecule has 3 aromatic rings. The second kappa shape index (κ2) is 8.39. The summed E-state index contributed by atoms with van der Waals surface area (Å²) in [6, 6.07) is 9.34. The van der Waals surface area contributed by atoms with E-state index in [2.05, 4.69) is 20.4 Å². The van der Waals surface area contributed by atoms with Gasteiger partial charge in [-0.25, -0.2) is 4.98 Å². The summed E-state index contributed by atoms with van der Waals surface area (Å²) in [7, 11) is 3.18. The fourth-order valence-electron chi connectivity index (χ4n) is 2.52. The number of amides is 1. The number of pyridine rings is 1. The fraction of sp³-hybridized carbons (Fsp3) is 0.333. The van der Waals surface area contributed by atoms with Crippen LogP contribution in [-0.2, 0) is 16.0 Å². The highest BCUT2D eigenvalue weighted by Crippen LogP contribution is 2.29. The normalized spacial score (nSPS) is 10.8.